The van der Waals surface area contributed by atoms with E-state index in [1.165, 1.54) is 38.8 Å². The number of hydrogen-bond acceptors (Lipinski definition) is 4. The highest BCUT2D eigenvalue weighted by molar-refractivity contribution is 5.47. The highest BCUT2D eigenvalue weighted by Crippen LogP contribution is 2.25. The van der Waals surface area contributed by atoms with Gasteiger partial charge in [-0.05, 0) is 25.0 Å². The van der Waals surface area contributed by atoms with Crippen LogP contribution < -0.4 is 10.2 Å². The van der Waals surface area contributed by atoms with Crippen LogP contribution in [0.4, 0.5) is 11.6 Å². The van der Waals surface area contributed by atoms with Crippen LogP contribution in [0.2, 0.25) is 0 Å². The number of piperazine rings is 1. The standard InChI is InChI=1S/C15H24N4/c1-16-14-7-4-8-15(17-14)19-11-9-18(10-12-19)13-5-2-3-6-13/h4,7-8,13H,2-3,5-6,9-12H2,1H3,(H,16,17). The van der Waals surface area contributed by atoms with E-state index in [4.69, 9.17) is 0 Å². The number of nitrogens with zero attached hydrogens (tertiary/aromatic N) is 3. The molecule has 0 atom stereocenters. The fourth-order valence-electron chi connectivity index (χ4n) is 3.32. The fraction of sp³-hybridized carbons (Fsp3) is 0.667. The molecular weight excluding hydrogens is 236 g/mol. The Labute approximate surface area is 115 Å². The molecule has 2 aliphatic rings. The minimum Gasteiger partial charge on any atom is -0.373 e. The molecule has 1 saturated carbocycles. The van der Waals surface area contributed by atoms with Crippen LogP contribution in [0.3, 0.4) is 0 Å². The van der Waals surface area contributed by atoms with Crippen LogP contribution in [-0.2, 0) is 0 Å². The van der Waals surface area contributed by atoms with Gasteiger partial charge in [0.15, 0.2) is 0 Å². The highest BCUT2D eigenvalue weighted by atomic mass is 15.3. The molecule has 1 aliphatic carbocycles. The first-order chi connectivity index (χ1) is 9.36. The van der Waals surface area contributed by atoms with Crippen molar-refractivity contribution < 1.29 is 0 Å². The van der Waals surface area contributed by atoms with Crippen LogP contribution in [0.25, 0.3) is 0 Å². The van der Waals surface area contributed by atoms with Gasteiger partial charge in [0.1, 0.15) is 11.6 Å². The second kappa shape index (κ2) is 5.78. The summed E-state index contributed by atoms with van der Waals surface area (Å²) in [5.41, 5.74) is 0. The Bertz CT molecular complexity index is 406. The lowest BCUT2D eigenvalue weighted by Crippen LogP contribution is -2.50. The van der Waals surface area contributed by atoms with Crippen molar-refractivity contribution in [2.45, 2.75) is 31.7 Å². The van der Waals surface area contributed by atoms with E-state index in [0.29, 0.717) is 0 Å². The summed E-state index contributed by atoms with van der Waals surface area (Å²) < 4.78 is 0. The zero-order chi connectivity index (χ0) is 13.1. The maximum atomic E-state index is 4.63. The number of nitrogens with one attached hydrogen (secondary N) is 1. The van der Waals surface area contributed by atoms with E-state index < -0.39 is 0 Å². The second-order valence-electron chi connectivity index (χ2n) is 5.59. The molecule has 3 rings (SSSR count). The summed E-state index contributed by atoms with van der Waals surface area (Å²) in [6.07, 6.45) is 5.67. The van der Waals surface area contributed by atoms with Crippen molar-refractivity contribution in [1.82, 2.24) is 9.88 Å². The molecule has 1 N–H and O–H groups in total. The molecule has 1 aromatic heterocycles. The zero-order valence-corrected chi connectivity index (χ0v) is 11.8. The Morgan fingerprint density at radius 2 is 1.84 bits per heavy atom. The van der Waals surface area contributed by atoms with Gasteiger partial charge in [0, 0.05) is 39.3 Å². The van der Waals surface area contributed by atoms with E-state index >= 15 is 0 Å². The van der Waals surface area contributed by atoms with Gasteiger partial charge in [0.05, 0.1) is 0 Å². The maximum Gasteiger partial charge on any atom is 0.131 e. The van der Waals surface area contributed by atoms with Crippen molar-refractivity contribution in [3.05, 3.63) is 18.2 Å². The van der Waals surface area contributed by atoms with Gasteiger partial charge in [-0.2, -0.15) is 0 Å². The first kappa shape index (κ1) is 12.7. The minimum absolute atomic E-state index is 0.860. The van der Waals surface area contributed by atoms with Crippen LogP contribution in [-0.4, -0.2) is 49.2 Å². The molecule has 0 spiro atoms. The third-order valence-electron chi connectivity index (χ3n) is 4.47. The SMILES string of the molecule is CNc1cccc(N2CCN(C3CCCC3)CC2)n1. The largest absolute Gasteiger partial charge is 0.373 e. The molecule has 19 heavy (non-hydrogen) atoms. The molecule has 1 aliphatic heterocycles. The van der Waals surface area contributed by atoms with Crippen molar-refractivity contribution >= 4 is 11.6 Å². The van der Waals surface area contributed by atoms with Crippen molar-refractivity contribution in [2.24, 2.45) is 0 Å². The van der Waals surface area contributed by atoms with Crippen LogP contribution in [0.15, 0.2) is 18.2 Å². The summed E-state index contributed by atoms with van der Waals surface area (Å²) in [4.78, 5) is 9.73. The normalized spacial score (nSPS) is 21.8. The van der Waals surface area contributed by atoms with Gasteiger partial charge in [0.2, 0.25) is 0 Å². The van der Waals surface area contributed by atoms with E-state index in [2.05, 4.69) is 32.2 Å². The van der Waals surface area contributed by atoms with E-state index in [1.54, 1.807) is 0 Å². The van der Waals surface area contributed by atoms with Gasteiger partial charge in [-0.25, -0.2) is 4.98 Å². The Morgan fingerprint density at radius 1 is 1.11 bits per heavy atom. The zero-order valence-electron chi connectivity index (χ0n) is 11.8. The summed E-state index contributed by atoms with van der Waals surface area (Å²) in [6.45, 7) is 4.60. The van der Waals surface area contributed by atoms with Gasteiger partial charge >= 0.3 is 0 Å². The van der Waals surface area contributed by atoms with Gasteiger partial charge in [0.25, 0.3) is 0 Å². The third kappa shape index (κ3) is 2.84. The smallest absolute Gasteiger partial charge is 0.131 e. The quantitative estimate of drug-likeness (QED) is 0.902. The topological polar surface area (TPSA) is 31.4 Å². The molecule has 4 heteroatoms. The molecule has 0 bridgehead atoms. The van der Waals surface area contributed by atoms with Gasteiger partial charge in [-0.1, -0.05) is 18.9 Å². The van der Waals surface area contributed by atoms with Crippen molar-refractivity contribution in [3.63, 3.8) is 0 Å². The molecule has 1 aromatic rings. The fourth-order valence-corrected chi connectivity index (χ4v) is 3.32. The summed E-state index contributed by atoms with van der Waals surface area (Å²) >= 11 is 0. The molecule has 0 radical (unpaired) electrons. The molecule has 0 amide bonds. The maximum absolute atomic E-state index is 4.63. The highest BCUT2D eigenvalue weighted by Gasteiger charge is 2.26. The average Bonchev–Trinajstić information content (AvgIpc) is 3.02. The van der Waals surface area contributed by atoms with Gasteiger partial charge < -0.3 is 10.2 Å². The molecule has 104 valence electrons. The van der Waals surface area contributed by atoms with Gasteiger partial charge in [-0.15, -0.1) is 0 Å². The molecule has 0 unspecified atom stereocenters. The van der Waals surface area contributed by atoms with E-state index in [9.17, 15) is 0 Å². The molecule has 1 saturated heterocycles. The number of anilines is 2. The lowest BCUT2D eigenvalue weighted by molar-refractivity contribution is 0.187. The predicted octanol–water partition coefficient (Wildman–Crippen LogP) is 2.19. The lowest BCUT2D eigenvalue weighted by Gasteiger charge is -2.38. The summed E-state index contributed by atoms with van der Waals surface area (Å²) in [6, 6.07) is 7.07. The number of aromatic nitrogens is 1. The van der Waals surface area contributed by atoms with E-state index in [-0.39, 0.29) is 0 Å². The predicted molar refractivity (Wildman–Crippen MR) is 79.8 cm³/mol. The van der Waals surface area contributed by atoms with Crippen LogP contribution in [0.5, 0.6) is 0 Å². The Balaban J connectivity index is 1.59. The van der Waals surface area contributed by atoms with Crippen LogP contribution in [0, 0.1) is 0 Å². The summed E-state index contributed by atoms with van der Waals surface area (Å²) in [5.74, 6) is 2.06. The molecule has 0 aromatic carbocycles. The Hall–Kier alpha value is -1.29. The molecular formula is C15H24N4. The van der Waals surface area contributed by atoms with Crippen molar-refractivity contribution in [2.75, 3.05) is 43.4 Å². The molecule has 2 heterocycles. The lowest BCUT2D eigenvalue weighted by atomic mass is 10.2. The monoisotopic (exact) mass is 260 g/mol. The third-order valence-corrected chi connectivity index (χ3v) is 4.47. The summed E-state index contributed by atoms with van der Waals surface area (Å²) in [5, 5.41) is 3.11. The summed E-state index contributed by atoms with van der Waals surface area (Å²) in [7, 11) is 1.92. The van der Waals surface area contributed by atoms with E-state index in [1.807, 2.05) is 13.1 Å². The first-order valence-electron chi connectivity index (χ1n) is 7.50. The number of pyridine rings is 1. The van der Waals surface area contributed by atoms with Crippen LogP contribution in [0.1, 0.15) is 25.7 Å². The van der Waals surface area contributed by atoms with Crippen molar-refractivity contribution in [1.29, 1.82) is 0 Å². The minimum atomic E-state index is 0.860. The number of hydrogen-bond donors (Lipinski definition) is 1. The second-order valence-corrected chi connectivity index (χ2v) is 5.59. The molecule has 2 fully saturated rings. The average molecular weight is 260 g/mol. The Morgan fingerprint density at radius 3 is 2.53 bits per heavy atom. The Kier molecular flexibility index (Phi) is 3.87. The van der Waals surface area contributed by atoms with Crippen LogP contribution >= 0.6 is 0 Å². The van der Waals surface area contributed by atoms with E-state index in [0.717, 1.165) is 30.8 Å². The van der Waals surface area contributed by atoms with Gasteiger partial charge in [-0.3, -0.25) is 4.90 Å². The number of rotatable bonds is 3. The first-order valence-corrected chi connectivity index (χ1v) is 7.50. The van der Waals surface area contributed by atoms with Crippen molar-refractivity contribution in [3.8, 4) is 0 Å². The molecule has 4 nitrogen and oxygen atoms in total.